The highest BCUT2D eigenvalue weighted by Crippen LogP contribution is 2.22. The average Bonchev–Trinajstić information content (AvgIpc) is 3.18. The molecule has 7 nitrogen and oxygen atoms in total. The number of nitrogens with zero attached hydrogens (tertiary/aromatic N) is 1. The number of fused-ring (bicyclic) bond motifs is 1. The largest absolute Gasteiger partial charge is 0.338 e. The molecule has 3 N–H and O–H groups in total. The molecule has 0 aliphatic carbocycles. The number of anilines is 1. The number of benzene rings is 3. The third kappa shape index (κ3) is 4.65. The maximum Gasteiger partial charge on any atom is 0.255 e. The van der Waals surface area contributed by atoms with E-state index in [1.54, 1.807) is 38.1 Å². The van der Waals surface area contributed by atoms with Gasteiger partial charge in [0, 0.05) is 22.9 Å². The van der Waals surface area contributed by atoms with Crippen LogP contribution in [0.1, 0.15) is 24.2 Å². The number of hydrogen-bond acceptors (Lipinski definition) is 4. The van der Waals surface area contributed by atoms with E-state index in [-0.39, 0.29) is 16.5 Å². The number of rotatable bonds is 6. The molecule has 1 aromatic heterocycles. The minimum atomic E-state index is -3.68. The number of carbonyl (C=O) groups excluding carboxylic acids is 1. The Kier molecular flexibility index (Phi) is 5.58. The van der Waals surface area contributed by atoms with E-state index in [9.17, 15) is 13.2 Å². The Morgan fingerprint density at radius 2 is 1.71 bits per heavy atom. The van der Waals surface area contributed by atoms with Gasteiger partial charge < -0.3 is 10.3 Å². The lowest BCUT2D eigenvalue weighted by Crippen LogP contribution is -2.30. The summed E-state index contributed by atoms with van der Waals surface area (Å²) in [6.45, 7) is 3.48. The minimum absolute atomic E-state index is 0.0501. The van der Waals surface area contributed by atoms with Gasteiger partial charge in [0.25, 0.3) is 5.91 Å². The first-order valence-corrected chi connectivity index (χ1v) is 11.3. The molecule has 158 valence electrons. The van der Waals surface area contributed by atoms with Crippen molar-refractivity contribution >= 4 is 32.7 Å². The van der Waals surface area contributed by atoms with Crippen molar-refractivity contribution in [3.8, 4) is 11.4 Å². The lowest BCUT2D eigenvalue weighted by atomic mass is 10.1. The van der Waals surface area contributed by atoms with Gasteiger partial charge in [-0.25, -0.2) is 18.1 Å². The fraction of sp³-hybridized carbons (Fsp3) is 0.130. The molecule has 4 aromatic rings. The monoisotopic (exact) mass is 434 g/mol. The molecule has 3 aromatic carbocycles. The molecule has 0 atom stereocenters. The molecule has 0 saturated carbocycles. The van der Waals surface area contributed by atoms with Crippen molar-refractivity contribution < 1.29 is 13.2 Å². The van der Waals surface area contributed by atoms with Crippen molar-refractivity contribution in [2.45, 2.75) is 24.8 Å². The predicted molar refractivity (Wildman–Crippen MR) is 121 cm³/mol. The number of amides is 1. The fourth-order valence-electron chi connectivity index (χ4n) is 3.19. The van der Waals surface area contributed by atoms with Crippen LogP contribution in [-0.4, -0.2) is 30.3 Å². The average molecular weight is 435 g/mol. The molecule has 4 rings (SSSR count). The third-order valence-electron chi connectivity index (χ3n) is 4.60. The second-order valence-corrected chi connectivity index (χ2v) is 9.15. The van der Waals surface area contributed by atoms with Gasteiger partial charge in [-0.15, -0.1) is 0 Å². The van der Waals surface area contributed by atoms with Gasteiger partial charge in [0.15, 0.2) is 0 Å². The molecular weight excluding hydrogens is 412 g/mol. The molecule has 0 unspecified atom stereocenters. The second kappa shape index (κ2) is 8.33. The number of para-hydroxylation sites is 2. The maximum absolute atomic E-state index is 12.6. The number of aromatic nitrogens is 2. The summed E-state index contributed by atoms with van der Waals surface area (Å²) in [7, 11) is -3.68. The van der Waals surface area contributed by atoms with Crippen molar-refractivity contribution in [1.82, 2.24) is 14.7 Å². The van der Waals surface area contributed by atoms with Crippen LogP contribution in [0.5, 0.6) is 0 Å². The van der Waals surface area contributed by atoms with Gasteiger partial charge in [-0.2, -0.15) is 0 Å². The van der Waals surface area contributed by atoms with Crippen LogP contribution in [-0.2, 0) is 10.0 Å². The molecule has 0 fully saturated rings. The number of aromatic amines is 1. The summed E-state index contributed by atoms with van der Waals surface area (Å²) < 4.78 is 27.2. The Morgan fingerprint density at radius 3 is 2.42 bits per heavy atom. The van der Waals surface area contributed by atoms with Crippen LogP contribution < -0.4 is 10.0 Å². The molecule has 8 heteroatoms. The van der Waals surface area contributed by atoms with Gasteiger partial charge in [-0.05, 0) is 68.4 Å². The number of H-pyrrole nitrogens is 1. The topological polar surface area (TPSA) is 104 Å². The molecule has 0 aliphatic heterocycles. The zero-order valence-corrected chi connectivity index (χ0v) is 17.9. The highest BCUT2D eigenvalue weighted by Gasteiger charge is 2.17. The molecule has 0 saturated heterocycles. The second-order valence-electron chi connectivity index (χ2n) is 7.44. The number of nitrogens with one attached hydrogen (secondary N) is 3. The van der Waals surface area contributed by atoms with Crippen molar-refractivity contribution in [2.75, 3.05) is 5.32 Å². The van der Waals surface area contributed by atoms with Gasteiger partial charge in [0.1, 0.15) is 5.82 Å². The Hall–Kier alpha value is -3.49. The fourth-order valence-corrected chi connectivity index (χ4v) is 4.48. The van der Waals surface area contributed by atoms with E-state index in [0.29, 0.717) is 5.69 Å². The Labute approximate surface area is 180 Å². The Balaban J connectivity index is 1.51. The highest BCUT2D eigenvalue weighted by atomic mass is 32.2. The first-order valence-electron chi connectivity index (χ1n) is 9.81. The summed E-state index contributed by atoms with van der Waals surface area (Å²) in [5.74, 6) is 0.354. The van der Waals surface area contributed by atoms with Crippen LogP contribution >= 0.6 is 0 Å². The van der Waals surface area contributed by atoms with Crippen molar-refractivity contribution in [2.24, 2.45) is 0 Å². The summed E-state index contributed by atoms with van der Waals surface area (Å²) >= 11 is 0. The Bertz CT molecular complexity index is 1310. The summed E-state index contributed by atoms with van der Waals surface area (Å²) in [6.07, 6.45) is 0. The first-order chi connectivity index (χ1) is 14.8. The van der Waals surface area contributed by atoms with Crippen LogP contribution in [0.25, 0.3) is 22.4 Å². The quantitative estimate of drug-likeness (QED) is 0.424. The molecule has 31 heavy (non-hydrogen) atoms. The highest BCUT2D eigenvalue weighted by molar-refractivity contribution is 7.89. The zero-order chi connectivity index (χ0) is 22.0. The summed E-state index contributed by atoms with van der Waals surface area (Å²) in [5.41, 5.74) is 3.59. The minimum Gasteiger partial charge on any atom is -0.338 e. The van der Waals surface area contributed by atoms with Gasteiger partial charge in [0.2, 0.25) is 10.0 Å². The van der Waals surface area contributed by atoms with Crippen LogP contribution in [0.2, 0.25) is 0 Å². The molecule has 0 radical (unpaired) electrons. The van der Waals surface area contributed by atoms with Crippen molar-refractivity contribution in [1.29, 1.82) is 0 Å². The number of imidazole rings is 1. The molecular formula is C23H22N4O3S. The maximum atomic E-state index is 12.6. The van der Waals surface area contributed by atoms with Crippen molar-refractivity contribution in [3.05, 3.63) is 78.4 Å². The molecule has 1 amide bonds. The normalized spacial score (nSPS) is 11.7. The van der Waals surface area contributed by atoms with Crippen LogP contribution in [0.3, 0.4) is 0 Å². The third-order valence-corrected chi connectivity index (χ3v) is 6.26. The van der Waals surface area contributed by atoms with Crippen LogP contribution in [0, 0.1) is 0 Å². The zero-order valence-electron chi connectivity index (χ0n) is 17.1. The molecule has 1 heterocycles. The van der Waals surface area contributed by atoms with E-state index >= 15 is 0 Å². The summed E-state index contributed by atoms with van der Waals surface area (Å²) in [6, 6.07) is 20.8. The smallest absolute Gasteiger partial charge is 0.255 e. The van der Waals surface area contributed by atoms with E-state index in [2.05, 4.69) is 20.0 Å². The molecule has 0 spiro atoms. The van der Waals surface area contributed by atoms with Gasteiger partial charge in [0.05, 0.1) is 15.9 Å². The van der Waals surface area contributed by atoms with Crippen LogP contribution in [0.15, 0.2) is 77.7 Å². The van der Waals surface area contributed by atoms with Gasteiger partial charge in [-0.3, -0.25) is 4.79 Å². The number of carbonyl (C=O) groups is 1. The van der Waals surface area contributed by atoms with Gasteiger partial charge >= 0.3 is 0 Å². The SMILES string of the molecule is CC(C)NS(=O)(=O)c1cccc(C(=O)Nc2ccc(-c3nc4ccccc4[nH]3)cc2)c1. The van der Waals surface area contributed by atoms with E-state index in [1.807, 2.05) is 36.4 Å². The lowest BCUT2D eigenvalue weighted by Gasteiger charge is -2.11. The van der Waals surface area contributed by atoms with E-state index in [0.717, 1.165) is 22.4 Å². The lowest BCUT2D eigenvalue weighted by molar-refractivity contribution is 0.102. The van der Waals surface area contributed by atoms with E-state index in [1.165, 1.54) is 12.1 Å². The van der Waals surface area contributed by atoms with Crippen LogP contribution in [0.4, 0.5) is 5.69 Å². The van der Waals surface area contributed by atoms with Crippen molar-refractivity contribution in [3.63, 3.8) is 0 Å². The summed E-state index contributed by atoms with van der Waals surface area (Å²) in [4.78, 5) is 20.5. The number of hydrogen-bond donors (Lipinski definition) is 3. The standard InChI is InChI=1S/C23H22N4O3S/c1-15(2)27-31(29,30)19-7-5-6-17(14-19)23(28)24-18-12-10-16(11-13-18)22-25-20-8-3-4-9-21(20)26-22/h3-15,27H,1-2H3,(H,24,28)(H,25,26). The van der Waals surface area contributed by atoms with Gasteiger partial charge in [-0.1, -0.05) is 18.2 Å². The van der Waals surface area contributed by atoms with E-state index in [4.69, 9.17) is 0 Å². The molecule has 0 bridgehead atoms. The Morgan fingerprint density at radius 1 is 0.968 bits per heavy atom. The number of sulfonamides is 1. The molecule has 0 aliphatic rings. The first kappa shape index (κ1) is 20.8. The predicted octanol–water partition coefficient (Wildman–Crippen LogP) is 4.17. The summed E-state index contributed by atoms with van der Waals surface area (Å²) in [5, 5.41) is 2.80. The van der Waals surface area contributed by atoms with E-state index < -0.39 is 15.9 Å².